The molecule has 4 nitrogen and oxygen atoms in total. The molecule has 0 radical (unpaired) electrons. The second kappa shape index (κ2) is 11.3. The van der Waals surface area contributed by atoms with Crippen molar-refractivity contribution in [2.45, 2.75) is 39.2 Å². The smallest absolute Gasteiger partial charge is 0.223 e. The number of nitrogens with zero attached hydrogens (tertiary/aromatic N) is 1. The molecular formula is C24H30ClFN2O2. The molecule has 1 fully saturated rings. The van der Waals surface area contributed by atoms with Crippen LogP contribution in [0.1, 0.15) is 37.3 Å². The number of nitrogens with one attached hydrogen (secondary N) is 1. The first-order chi connectivity index (χ1) is 14.6. The van der Waals surface area contributed by atoms with E-state index in [1.165, 1.54) is 11.6 Å². The number of hydrogen-bond acceptors (Lipinski definition) is 3. The number of piperidine rings is 1. The van der Waals surface area contributed by atoms with Crippen LogP contribution in [0.2, 0.25) is 5.02 Å². The molecule has 1 saturated heterocycles. The van der Waals surface area contributed by atoms with Crippen LogP contribution >= 0.6 is 11.6 Å². The number of ether oxygens (including phenoxy) is 1. The predicted molar refractivity (Wildman–Crippen MR) is 118 cm³/mol. The van der Waals surface area contributed by atoms with Gasteiger partial charge in [-0.25, -0.2) is 4.39 Å². The summed E-state index contributed by atoms with van der Waals surface area (Å²) in [6.07, 6.45) is 3.36. The van der Waals surface area contributed by atoms with E-state index in [0.717, 1.165) is 44.5 Å². The van der Waals surface area contributed by atoms with Crippen LogP contribution in [0.15, 0.2) is 42.5 Å². The Bertz CT molecular complexity index is 838. The maximum atomic E-state index is 14.0. The summed E-state index contributed by atoms with van der Waals surface area (Å²) in [4.78, 5) is 14.7. The second-order valence-electron chi connectivity index (χ2n) is 7.72. The van der Waals surface area contributed by atoms with E-state index < -0.39 is 0 Å². The minimum absolute atomic E-state index is 0.0343. The van der Waals surface area contributed by atoms with Crippen LogP contribution in [0.5, 0.6) is 5.75 Å². The Hall–Kier alpha value is -2.11. The zero-order valence-electron chi connectivity index (χ0n) is 17.5. The predicted octanol–water partition coefficient (Wildman–Crippen LogP) is 4.84. The molecule has 1 amide bonds. The van der Waals surface area contributed by atoms with Crippen LogP contribution < -0.4 is 10.1 Å². The summed E-state index contributed by atoms with van der Waals surface area (Å²) in [7, 11) is 0. The van der Waals surface area contributed by atoms with Gasteiger partial charge in [-0.15, -0.1) is 0 Å². The van der Waals surface area contributed by atoms with E-state index >= 15 is 0 Å². The number of carbonyl (C=O) groups is 1. The van der Waals surface area contributed by atoms with E-state index in [4.69, 9.17) is 16.3 Å². The van der Waals surface area contributed by atoms with Crippen molar-refractivity contribution in [1.29, 1.82) is 0 Å². The van der Waals surface area contributed by atoms with Gasteiger partial charge in [0.2, 0.25) is 5.91 Å². The van der Waals surface area contributed by atoms with E-state index in [-0.39, 0.29) is 17.6 Å². The first kappa shape index (κ1) is 22.6. The lowest BCUT2D eigenvalue weighted by molar-refractivity contribution is -0.126. The lowest BCUT2D eigenvalue weighted by atomic mass is 9.95. The van der Waals surface area contributed by atoms with Gasteiger partial charge >= 0.3 is 0 Å². The Kier molecular flexibility index (Phi) is 8.52. The Morgan fingerprint density at radius 3 is 2.70 bits per heavy atom. The van der Waals surface area contributed by atoms with Crippen molar-refractivity contribution in [2.24, 2.45) is 5.92 Å². The highest BCUT2D eigenvalue weighted by Crippen LogP contribution is 2.22. The summed E-state index contributed by atoms with van der Waals surface area (Å²) >= 11 is 5.82. The zero-order chi connectivity index (χ0) is 21.3. The second-order valence-corrected chi connectivity index (χ2v) is 8.16. The van der Waals surface area contributed by atoms with Gasteiger partial charge < -0.3 is 10.1 Å². The molecule has 0 unspecified atom stereocenters. The van der Waals surface area contributed by atoms with Gasteiger partial charge in [0.25, 0.3) is 0 Å². The van der Waals surface area contributed by atoms with Crippen LogP contribution in [0.25, 0.3) is 0 Å². The Balaban J connectivity index is 1.37. The van der Waals surface area contributed by atoms with Gasteiger partial charge in [-0.2, -0.15) is 0 Å². The van der Waals surface area contributed by atoms with Crippen LogP contribution in [-0.4, -0.2) is 37.0 Å². The number of halogens is 2. The quantitative estimate of drug-likeness (QED) is 0.576. The topological polar surface area (TPSA) is 41.6 Å². The van der Waals surface area contributed by atoms with Gasteiger partial charge in [0, 0.05) is 29.6 Å². The van der Waals surface area contributed by atoms with Crippen LogP contribution in [-0.2, 0) is 17.8 Å². The summed E-state index contributed by atoms with van der Waals surface area (Å²) in [5, 5.41) is 3.49. The van der Waals surface area contributed by atoms with E-state index in [1.54, 1.807) is 12.1 Å². The summed E-state index contributed by atoms with van der Waals surface area (Å²) in [6, 6.07) is 12.9. The summed E-state index contributed by atoms with van der Waals surface area (Å²) < 4.78 is 19.6. The summed E-state index contributed by atoms with van der Waals surface area (Å²) in [5.41, 5.74) is 1.82. The third-order valence-corrected chi connectivity index (χ3v) is 5.80. The molecule has 0 spiro atoms. The molecule has 30 heavy (non-hydrogen) atoms. The van der Waals surface area contributed by atoms with E-state index in [0.29, 0.717) is 30.3 Å². The van der Waals surface area contributed by atoms with E-state index in [2.05, 4.69) is 16.3 Å². The van der Waals surface area contributed by atoms with Gasteiger partial charge in [-0.05, 0) is 69.5 Å². The molecule has 1 aliphatic rings. The number of rotatable bonds is 9. The number of hydrogen-bond donors (Lipinski definition) is 1. The minimum Gasteiger partial charge on any atom is -0.494 e. The molecule has 2 aromatic carbocycles. The number of carbonyl (C=O) groups excluding carboxylic acids is 1. The first-order valence-electron chi connectivity index (χ1n) is 10.7. The summed E-state index contributed by atoms with van der Waals surface area (Å²) in [6.45, 7) is 5.43. The van der Waals surface area contributed by atoms with Crippen molar-refractivity contribution in [3.63, 3.8) is 0 Å². The average Bonchev–Trinajstić information content (AvgIpc) is 2.75. The van der Waals surface area contributed by atoms with Crippen LogP contribution in [0, 0.1) is 11.7 Å². The van der Waals surface area contributed by atoms with Gasteiger partial charge in [0.15, 0.2) is 0 Å². The maximum absolute atomic E-state index is 14.0. The van der Waals surface area contributed by atoms with Crippen LogP contribution in [0.3, 0.4) is 0 Å². The fourth-order valence-corrected chi connectivity index (χ4v) is 4.04. The molecule has 0 bridgehead atoms. The fraction of sp³-hybridized carbons (Fsp3) is 0.458. The largest absolute Gasteiger partial charge is 0.494 e. The van der Waals surface area contributed by atoms with Crippen LogP contribution in [0.4, 0.5) is 4.39 Å². The van der Waals surface area contributed by atoms with Crippen molar-refractivity contribution in [1.82, 2.24) is 10.2 Å². The van der Waals surface area contributed by atoms with Crippen molar-refractivity contribution in [3.8, 4) is 5.75 Å². The molecule has 6 heteroatoms. The molecule has 0 saturated carbocycles. The highest BCUT2D eigenvalue weighted by Gasteiger charge is 2.25. The minimum atomic E-state index is -0.270. The lowest BCUT2D eigenvalue weighted by Crippen LogP contribution is -2.40. The number of likely N-dealkylation sites (tertiary alicyclic amines) is 1. The number of amides is 1. The Morgan fingerprint density at radius 2 is 1.97 bits per heavy atom. The molecule has 3 rings (SSSR count). The maximum Gasteiger partial charge on any atom is 0.223 e. The Labute approximate surface area is 183 Å². The van der Waals surface area contributed by atoms with Gasteiger partial charge in [0.05, 0.1) is 6.61 Å². The number of para-hydroxylation sites is 1. The van der Waals surface area contributed by atoms with Gasteiger partial charge in [-0.1, -0.05) is 35.9 Å². The van der Waals surface area contributed by atoms with Gasteiger partial charge in [-0.3, -0.25) is 9.69 Å². The van der Waals surface area contributed by atoms with Gasteiger partial charge in [0.1, 0.15) is 11.6 Å². The molecule has 1 aliphatic heterocycles. The number of aryl methyl sites for hydroxylation is 1. The molecule has 0 aromatic heterocycles. The first-order valence-corrected chi connectivity index (χ1v) is 11.1. The van der Waals surface area contributed by atoms with E-state index in [1.807, 2.05) is 25.1 Å². The average molecular weight is 433 g/mol. The molecule has 0 atom stereocenters. The van der Waals surface area contributed by atoms with Crippen molar-refractivity contribution >= 4 is 17.5 Å². The molecular weight excluding hydrogens is 403 g/mol. The third-order valence-electron chi connectivity index (χ3n) is 5.56. The molecule has 1 heterocycles. The van der Waals surface area contributed by atoms with Crippen molar-refractivity contribution in [3.05, 3.63) is 64.4 Å². The third kappa shape index (κ3) is 6.44. The number of benzene rings is 2. The monoisotopic (exact) mass is 432 g/mol. The standard InChI is InChI=1S/C24H30ClFN2O2/c1-2-30-23-8-4-3-6-18(23)7-5-13-27-24(29)19-11-14-28(15-12-19)17-20-9-10-21(25)16-22(20)26/h3-4,6,8-10,16,19H,2,5,7,11-15,17H2,1H3,(H,27,29). The SMILES string of the molecule is CCOc1ccccc1CCCNC(=O)C1CCN(Cc2ccc(Cl)cc2F)CC1. The highest BCUT2D eigenvalue weighted by atomic mass is 35.5. The summed E-state index contributed by atoms with van der Waals surface area (Å²) in [5.74, 6) is 0.821. The van der Waals surface area contributed by atoms with Crippen molar-refractivity contribution in [2.75, 3.05) is 26.2 Å². The molecule has 2 aromatic rings. The molecule has 162 valence electrons. The highest BCUT2D eigenvalue weighted by molar-refractivity contribution is 6.30. The molecule has 1 N–H and O–H groups in total. The lowest BCUT2D eigenvalue weighted by Gasteiger charge is -2.31. The molecule has 0 aliphatic carbocycles. The van der Waals surface area contributed by atoms with E-state index in [9.17, 15) is 9.18 Å². The van der Waals surface area contributed by atoms with Crippen molar-refractivity contribution < 1.29 is 13.9 Å². The normalized spacial score (nSPS) is 15.2. The Morgan fingerprint density at radius 1 is 1.20 bits per heavy atom. The fourth-order valence-electron chi connectivity index (χ4n) is 3.89. The zero-order valence-corrected chi connectivity index (χ0v) is 18.3.